The third kappa shape index (κ3) is 6.26. The Kier molecular flexibility index (Phi) is 8.61. The van der Waals surface area contributed by atoms with Crippen molar-refractivity contribution in [2.24, 2.45) is 0 Å². The van der Waals surface area contributed by atoms with Crippen molar-refractivity contribution in [3.63, 3.8) is 0 Å². The molecule has 2 heteroatoms. The van der Waals surface area contributed by atoms with Gasteiger partial charge in [-0.15, -0.1) is 0 Å². The summed E-state index contributed by atoms with van der Waals surface area (Å²) in [6.45, 7) is 9.15. The molecule has 0 aliphatic rings. The van der Waals surface area contributed by atoms with Crippen molar-refractivity contribution >= 4 is 0 Å². The molecular formula is C17H33N2+. The van der Waals surface area contributed by atoms with Crippen molar-refractivity contribution in [3.8, 4) is 0 Å². The molecule has 0 saturated heterocycles. The van der Waals surface area contributed by atoms with Gasteiger partial charge < -0.3 is 0 Å². The van der Waals surface area contributed by atoms with Crippen LogP contribution in [0, 0.1) is 6.92 Å². The zero-order valence-electron chi connectivity index (χ0n) is 13.3. The van der Waals surface area contributed by atoms with E-state index in [0.717, 1.165) is 0 Å². The third-order valence-electron chi connectivity index (χ3n) is 4.01. The van der Waals surface area contributed by atoms with Gasteiger partial charge in [-0.1, -0.05) is 52.4 Å². The van der Waals surface area contributed by atoms with E-state index in [-0.39, 0.29) is 0 Å². The minimum Gasteiger partial charge on any atom is -0.234 e. The lowest BCUT2D eigenvalue weighted by atomic mass is 10.1. The van der Waals surface area contributed by atoms with Crippen LogP contribution in [0.15, 0.2) is 12.4 Å². The minimum atomic E-state index is 1.17. The predicted molar refractivity (Wildman–Crippen MR) is 82.3 cm³/mol. The Labute approximate surface area is 119 Å². The second-order valence-electron chi connectivity index (χ2n) is 5.71. The summed E-state index contributed by atoms with van der Waals surface area (Å²) in [5.74, 6) is 1.42. The lowest BCUT2D eigenvalue weighted by molar-refractivity contribution is -0.702. The highest BCUT2D eigenvalue weighted by Crippen LogP contribution is 2.07. The van der Waals surface area contributed by atoms with Crippen molar-refractivity contribution in [1.82, 2.24) is 4.57 Å². The molecule has 0 amide bonds. The van der Waals surface area contributed by atoms with Gasteiger partial charge in [-0.25, -0.2) is 9.13 Å². The van der Waals surface area contributed by atoms with Gasteiger partial charge >= 0.3 is 0 Å². The second-order valence-corrected chi connectivity index (χ2v) is 5.71. The third-order valence-corrected chi connectivity index (χ3v) is 4.01. The molecule has 0 radical (unpaired) electrons. The standard InChI is InChI=1S/C17H33N2/c1-4-6-8-9-10-11-12-14-19-16-15-18(17(19)3)13-7-5-2/h15-16H,4-14H2,1-3H3/q+1. The topological polar surface area (TPSA) is 8.81 Å². The van der Waals surface area contributed by atoms with E-state index in [1.165, 1.54) is 76.7 Å². The highest BCUT2D eigenvalue weighted by molar-refractivity contribution is 4.79. The zero-order valence-corrected chi connectivity index (χ0v) is 13.3. The Morgan fingerprint density at radius 2 is 1.53 bits per heavy atom. The first-order valence-corrected chi connectivity index (χ1v) is 8.34. The number of aromatic nitrogens is 2. The van der Waals surface area contributed by atoms with Crippen LogP contribution in [-0.2, 0) is 13.1 Å². The Bertz CT molecular complexity index is 328. The summed E-state index contributed by atoms with van der Waals surface area (Å²) in [7, 11) is 0. The van der Waals surface area contributed by atoms with E-state index >= 15 is 0 Å². The Morgan fingerprint density at radius 3 is 2.21 bits per heavy atom. The monoisotopic (exact) mass is 265 g/mol. The van der Waals surface area contributed by atoms with Crippen LogP contribution in [0.5, 0.6) is 0 Å². The summed E-state index contributed by atoms with van der Waals surface area (Å²) in [6.07, 6.45) is 16.8. The molecule has 110 valence electrons. The summed E-state index contributed by atoms with van der Waals surface area (Å²) in [5, 5.41) is 0. The van der Waals surface area contributed by atoms with Crippen molar-refractivity contribution < 1.29 is 4.57 Å². The number of rotatable bonds is 11. The summed E-state index contributed by atoms with van der Waals surface area (Å²) < 4.78 is 4.81. The highest BCUT2D eigenvalue weighted by atomic mass is 15.1. The van der Waals surface area contributed by atoms with Gasteiger partial charge in [-0.05, 0) is 19.3 Å². The van der Waals surface area contributed by atoms with Crippen LogP contribution in [0.1, 0.15) is 77.5 Å². The Morgan fingerprint density at radius 1 is 0.895 bits per heavy atom. The smallest absolute Gasteiger partial charge is 0.234 e. The molecule has 1 aromatic heterocycles. The van der Waals surface area contributed by atoms with Crippen molar-refractivity contribution in [2.45, 2.75) is 91.6 Å². The van der Waals surface area contributed by atoms with Gasteiger partial charge in [0.1, 0.15) is 12.4 Å². The molecule has 0 aliphatic heterocycles. The van der Waals surface area contributed by atoms with Gasteiger partial charge in [0, 0.05) is 6.92 Å². The molecule has 0 spiro atoms. The fourth-order valence-electron chi connectivity index (χ4n) is 2.58. The summed E-state index contributed by atoms with van der Waals surface area (Å²) in [4.78, 5) is 0. The van der Waals surface area contributed by atoms with Crippen LogP contribution in [0.3, 0.4) is 0 Å². The number of nitrogens with zero attached hydrogens (tertiary/aromatic N) is 2. The molecule has 1 heterocycles. The largest absolute Gasteiger partial charge is 0.253 e. The van der Waals surface area contributed by atoms with E-state index < -0.39 is 0 Å². The van der Waals surface area contributed by atoms with Crippen LogP contribution >= 0.6 is 0 Å². The van der Waals surface area contributed by atoms with E-state index in [9.17, 15) is 0 Å². The Hall–Kier alpha value is -0.790. The van der Waals surface area contributed by atoms with E-state index in [4.69, 9.17) is 0 Å². The normalized spacial score (nSPS) is 11.1. The number of hydrogen-bond donors (Lipinski definition) is 0. The maximum absolute atomic E-state index is 2.42. The fraction of sp³-hybridized carbons (Fsp3) is 0.824. The molecule has 1 rings (SSSR count). The SMILES string of the molecule is CCCCCCCCC[n+]1ccn(CCCC)c1C. The first kappa shape index (κ1) is 16.3. The molecule has 0 saturated carbocycles. The van der Waals surface area contributed by atoms with Gasteiger partial charge in [0.15, 0.2) is 0 Å². The lowest BCUT2D eigenvalue weighted by Gasteiger charge is -2.02. The molecule has 0 aliphatic carbocycles. The van der Waals surface area contributed by atoms with Gasteiger partial charge in [0.2, 0.25) is 0 Å². The van der Waals surface area contributed by atoms with Crippen molar-refractivity contribution in [3.05, 3.63) is 18.2 Å². The Balaban J connectivity index is 2.17. The van der Waals surface area contributed by atoms with Crippen LogP contribution in [0.25, 0.3) is 0 Å². The molecule has 2 nitrogen and oxygen atoms in total. The number of unbranched alkanes of at least 4 members (excludes halogenated alkanes) is 7. The summed E-state index contributed by atoms with van der Waals surface area (Å²) >= 11 is 0. The molecule has 0 bridgehead atoms. The molecular weight excluding hydrogens is 232 g/mol. The summed E-state index contributed by atoms with van der Waals surface area (Å²) in [6, 6.07) is 0. The molecule has 0 aromatic carbocycles. The molecule has 1 aromatic rings. The van der Waals surface area contributed by atoms with E-state index in [2.05, 4.69) is 42.3 Å². The van der Waals surface area contributed by atoms with Gasteiger partial charge in [0.05, 0.1) is 13.1 Å². The average molecular weight is 265 g/mol. The van der Waals surface area contributed by atoms with Gasteiger partial charge in [-0.3, -0.25) is 0 Å². The maximum Gasteiger partial charge on any atom is 0.253 e. The molecule has 0 unspecified atom stereocenters. The first-order valence-electron chi connectivity index (χ1n) is 8.34. The number of aryl methyl sites for hydroxylation is 2. The second kappa shape index (κ2) is 10.1. The zero-order chi connectivity index (χ0) is 13.9. The van der Waals surface area contributed by atoms with Crippen LogP contribution in [0.4, 0.5) is 0 Å². The minimum absolute atomic E-state index is 1.17. The molecule has 0 N–H and O–H groups in total. The van der Waals surface area contributed by atoms with Crippen LogP contribution in [0.2, 0.25) is 0 Å². The number of hydrogen-bond acceptors (Lipinski definition) is 0. The lowest BCUT2D eigenvalue weighted by Crippen LogP contribution is -2.35. The molecule has 0 fully saturated rings. The van der Waals surface area contributed by atoms with Gasteiger partial charge in [-0.2, -0.15) is 0 Å². The maximum atomic E-state index is 2.42. The quantitative estimate of drug-likeness (QED) is 0.407. The average Bonchev–Trinajstić information content (AvgIpc) is 2.76. The van der Waals surface area contributed by atoms with Gasteiger partial charge in [0.25, 0.3) is 5.82 Å². The highest BCUT2D eigenvalue weighted by Gasteiger charge is 2.10. The fourth-order valence-corrected chi connectivity index (χ4v) is 2.58. The van der Waals surface area contributed by atoms with E-state index in [0.29, 0.717) is 0 Å². The number of imidazole rings is 1. The molecule has 0 atom stereocenters. The van der Waals surface area contributed by atoms with E-state index in [1.807, 2.05) is 0 Å². The predicted octanol–water partition coefficient (Wildman–Crippen LogP) is 4.63. The van der Waals surface area contributed by atoms with E-state index in [1.54, 1.807) is 0 Å². The first-order chi connectivity index (χ1) is 9.29. The molecule has 19 heavy (non-hydrogen) atoms. The van der Waals surface area contributed by atoms with Crippen LogP contribution < -0.4 is 4.57 Å². The van der Waals surface area contributed by atoms with Crippen molar-refractivity contribution in [1.29, 1.82) is 0 Å². The van der Waals surface area contributed by atoms with Crippen molar-refractivity contribution in [2.75, 3.05) is 0 Å². The van der Waals surface area contributed by atoms with Crippen LogP contribution in [-0.4, -0.2) is 4.57 Å². The summed E-state index contributed by atoms with van der Waals surface area (Å²) in [5.41, 5.74) is 0.